The Kier molecular flexibility index (Phi) is 6.50. The van der Waals surface area contributed by atoms with Crippen LogP contribution in [0, 0.1) is 12.8 Å². The molecule has 3 fully saturated rings. The summed E-state index contributed by atoms with van der Waals surface area (Å²) in [6, 6.07) is 12.3. The van der Waals surface area contributed by atoms with Gasteiger partial charge in [0.1, 0.15) is 8.42 Å². The van der Waals surface area contributed by atoms with Crippen molar-refractivity contribution in [3.8, 4) is 11.3 Å². The highest BCUT2D eigenvalue weighted by atomic mass is 14.9. The molecule has 0 aliphatic heterocycles. The lowest BCUT2D eigenvalue weighted by Crippen LogP contribution is -2.31. The smallest absolute Gasteiger partial charge is 0.200 e. The summed E-state index contributed by atoms with van der Waals surface area (Å²) in [5, 5.41) is 2.10. The molecule has 0 radical (unpaired) electrons. The molecule has 36 heavy (non-hydrogen) atoms. The molecule has 1 heteroatoms. The van der Waals surface area contributed by atoms with Crippen LogP contribution in [0.25, 0.3) is 22.0 Å². The van der Waals surface area contributed by atoms with Crippen LogP contribution in [0.4, 0.5) is 0 Å². The molecule has 3 aliphatic carbocycles. The maximum absolute atomic E-state index is 8.96. The lowest BCUT2D eigenvalue weighted by molar-refractivity contribution is -0.659. The van der Waals surface area contributed by atoms with E-state index >= 15 is 0 Å². The third kappa shape index (κ3) is 4.88. The van der Waals surface area contributed by atoms with Crippen molar-refractivity contribution in [1.82, 2.24) is 0 Å². The molecule has 6 rings (SSSR count). The first-order valence-corrected chi connectivity index (χ1v) is 15.1. The van der Waals surface area contributed by atoms with Gasteiger partial charge in [0.25, 0.3) is 0 Å². The number of rotatable bonds is 5. The zero-order valence-corrected chi connectivity index (χ0v) is 22.7. The fourth-order valence-corrected chi connectivity index (χ4v) is 7.80. The number of benzene rings is 2. The molecule has 0 amide bonds. The molecular formula is C35H46N+. The largest absolute Gasteiger partial charge is 0.220 e. The SMILES string of the molecule is [2H]c1c([2H])[n+](C)c(-c2cc(C3CCCCC3)cc(C3CCCCC3)c2C)c2ccc(CC3CCCC3)cc12. The van der Waals surface area contributed by atoms with Crippen molar-refractivity contribution in [2.24, 2.45) is 13.0 Å². The standard InChI is InChI=1S/C35H46N/c1-25-33(29-15-7-4-8-16-29)23-31(28-13-5-3-6-14-28)24-34(25)35-32-18-17-27(21-26-11-9-10-12-26)22-30(32)19-20-36(35)2/h17-20,22-24,26,28-29H,3-16,21H2,1-2H3/q+1/i19D,20D. The van der Waals surface area contributed by atoms with Crippen molar-refractivity contribution in [2.45, 2.75) is 115 Å². The molecular weight excluding hydrogens is 434 g/mol. The average molecular weight is 483 g/mol. The number of hydrogen-bond acceptors (Lipinski definition) is 0. The molecule has 1 nitrogen and oxygen atoms in total. The number of aromatic nitrogens is 1. The van der Waals surface area contributed by atoms with E-state index in [1.165, 1.54) is 112 Å². The topological polar surface area (TPSA) is 3.88 Å². The van der Waals surface area contributed by atoms with Gasteiger partial charge in [0.05, 0.1) is 12.3 Å². The zero-order valence-electron chi connectivity index (χ0n) is 24.7. The van der Waals surface area contributed by atoms with Gasteiger partial charge >= 0.3 is 0 Å². The first-order chi connectivity index (χ1) is 18.5. The van der Waals surface area contributed by atoms with Crippen LogP contribution in [0.5, 0.6) is 0 Å². The van der Waals surface area contributed by atoms with Crippen molar-refractivity contribution >= 4 is 10.8 Å². The van der Waals surface area contributed by atoms with E-state index in [2.05, 4.69) is 37.3 Å². The van der Waals surface area contributed by atoms with E-state index in [-0.39, 0.29) is 0 Å². The van der Waals surface area contributed by atoms with Gasteiger partial charge in [0, 0.05) is 6.04 Å². The Bertz CT molecular complexity index is 1310. The highest BCUT2D eigenvalue weighted by Gasteiger charge is 2.27. The van der Waals surface area contributed by atoms with Crippen molar-refractivity contribution in [1.29, 1.82) is 0 Å². The highest BCUT2D eigenvalue weighted by molar-refractivity contribution is 5.94. The Balaban J connectivity index is 1.52. The zero-order chi connectivity index (χ0) is 26.2. The number of nitrogens with zero attached hydrogens (tertiary/aromatic N) is 1. The molecule has 190 valence electrons. The average Bonchev–Trinajstić information content (AvgIpc) is 3.47. The Morgan fingerprint density at radius 2 is 1.47 bits per heavy atom. The summed E-state index contributed by atoms with van der Waals surface area (Å²) in [4.78, 5) is 0. The summed E-state index contributed by atoms with van der Waals surface area (Å²) in [5.74, 6) is 2.10. The van der Waals surface area contributed by atoms with E-state index in [1.807, 2.05) is 11.6 Å². The Hall–Kier alpha value is -2.15. The van der Waals surface area contributed by atoms with Gasteiger partial charge in [-0.3, -0.25) is 0 Å². The minimum absolute atomic E-state index is 0.326. The van der Waals surface area contributed by atoms with Gasteiger partial charge in [0.15, 0.2) is 6.17 Å². The third-order valence-corrected chi connectivity index (χ3v) is 9.88. The Labute approximate surface area is 222 Å². The molecule has 0 saturated heterocycles. The van der Waals surface area contributed by atoms with Gasteiger partial charge in [-0.2, -0.15) is 0 Å². The Morgan fingerprint density at radius 1 is 0.806 bits per heavy atom. The van der Waals surface area contributed by atoms with Crippen LogP contribution in [0.2, 0.25) is 0 Å². The predicted molar refractivity (Wildman–Crippen MR) is 153 cm³/mol. The summed E-state index contributed by atoms with van der Waals surface area (Å²) in [7, 11) is 2.01. The molecule has 0 spiro atoms. The number of fused-ring (bicyclic) bond motifs is 1. The third-order valence-electron chi connectivity index (χ3n) is 9.88. The maximum atomic E-state index is 8.96. The van der Waals surface area contributed by atoms with Crippen LogP contribution in [0.15, 0.2) is 42.5 Å². The first kappa shape index (κ1) is 21.9. The quantitative estimate of drug-likeness (QED) is 0.319. The summed E-state index contributed by atoms with van der Waals surface area (Å²) in [5.41, 5.74) is 8.28. The van der Waals surface area contributed by atoms with Crippen LogP contribution in [-0.4, -0.2) is 0 Å². The van der Waals surface area contributed by atoms with Gasteiger partial charge < -0.3 is 0 Å². The summed E-state index contributed by atoms with van der Waals surface area (Å²) < 4.78 is 19.9. The summed E-state index contributed by atoms with van der Waals surface area (Å²) in [6.07, 6.45) is 20.2. The lowest BCUT2D eigenvalue weighted by Gasteiger charge is -2.28. The van der Waals surface area contributed by atoms with Gasteiger partial charge in [-0.1, -0.05) is 82.4 Å². The van der Waals surface area contributed by atoms with E-state index in [0.717, 1.165) is 28.8 Å². The number of hydrogen-bond donors (Lipinski definition) is 0. The van der Waals surface area contributed by atoms with Crippen LogP contribution < -0.4 is 4.57 Å². The van der Waals surface area contributed by atoms with Crippen LogP contribution >= 0.6 is 0 Å². The monoisotopic (exact) mass is 482 g/mol. The molecule has 0 bridgehead atoms. The minimum Gasteiger partial charge on any atom is -0.200 e. The predicted octanol–water partition coefficient (Wildman–Crippen LogP) is 9.47. The molecule has 2 aromatic carbocycles. The van der Waals surface area contributed by atoms with Gasteiger partial charge in [-0.05, 0) is 96.6 Å². The van der Waals surface area contributed by atoms with E-state index in [0.29, 0.717) is 24.1 Å². The number of pyridine rings is 1. The summed E-state index contributed by atoms with van der Waals surface area (Å²) in [6.45, 7) is 2.34. The molecule has 3 aromatic rings. The normalized spacial score (nSPS) is 21.2. The molecule has 0 N–H and O–H groups in total. The molecule has 1 heterocycles. The van der Waals surface area contributed by atoms with E-state index in [1.54, 1.807) is 5.56 Å². The Morgan fingerprint density at radius 3 is 2.19 bits per heavy atom. The maximum Gasteiger partial charge on any atom is 0.220 e. The summed E-state index contributed by atoms with van der Waals surface area (Å²) >= 11 is 0. The van der Waals surface area contributed by atoms with Gasteiger partial charge in [-0.25, -0.2) is 4.57 Å². The second-order valence-corrected chi connectivity index (χ2v) is 12.3. The molecule has 0 unspecified atom stereocenters. The highest BCUT2D eigenvalue weighted by Crippen LogP contribution is 2.42. The van der Waals surface area contributed by atoms with Crippen molar-refractivity contribution in [3.63, 3.8) is 0 Å². The van der Waals surface area contributed by atoms with Crippen LogP contribution in [0.3, 0.4) is 0 Å². The van der Waals surface area contributed by atoms with Crippen molar-refractivity contribution < 1.29 is 7.31 Å². The van der Waals surface area contributed by atoms with E-state index < -0.39 is 0 Å². The fraction of sp³-hybridized carbons (Fsp3) is 0.571. The lowest BCUT2D eigenvalue weighted by atomic mass is 9.76. The van der Waals surface area contributed by atoms with Crippen molar-refractivity contribution in [3.05, 3.63) is 64.8 Å². The second kappa shape index (κ2) is 10.7. The van der Waals surface area contributed by atoms with Crippen LogP contribution in [-0.2, 0) is 13.5 Å². The minimum atomic E-state index is 0.326. The molecule has 3 saturated carbocycles. The molecule has 1 aromatic heterocycles. The van der Waals surface area contributed by atoms with E-state index in [9.17, 15) is 0 Å². The van der Waals surface area contributed by atoms with Gasteiger partial charge in [-0.15, -0.1) is 0 Å². The first-order valence-electron chi connectivity index (χ1n) is 16.1. The second-order valence-electron chi connectivity index (χ2n) is 12.3. The van der Waals surface area contributed by atoms with Crippen LogP contribution in [0.1, 0.15) is 127 Å². The van der Waals surface area contributed by atoms with E-state index in [4.69, 9.17) is 2.74 Å². The van der Waals surface area contributed by atoms with Gasteiger partial charge in [0.2, 0.25) is 5.69 Å². The fourth-order valence-electron chi connectivity index (χ4n) is 7.80. The molecule has 3 aliphatic rings. The molecule has 0 atom stereocenters. The van der Waals surface area contributed by atoms with Crippen molar-refractivity contribution in [2.75, 3.05) is 0 Å².